The number of hydrogen-bond acceptors (Lipinski definition) is 3. The molecule has 0 aliphatic heterocycles. The van der Waals surface area contributed by atoms with Crippen LogP contribution in [0, 0.1) is 11.3 Å². The Bertz CT molecular complexity index is 257. The van der Waals surface area contributed by atoms with E-state index < -0.39 is 0 Å². The molecule has 1 N–H and O–H groups in total. The molecule has 0 aromatic heterocycles. The summed E-state index contributed by atoms with van der Waals surface area (Å²) >= 11 is 0. The quantitative estimate of drug-likeness (QED) is 0.710. The molecule has 1 aliphatic carbocycles. The van der Waals surface area contributed by atoms with Crippen LogP contribution in [0.15, 0.2) is 0 Å². The second-order valence-corrected chi connectivity index (χ2v) is 6.17. The van der Waals surface area contributed by atoms with Crippen LogP contribution in [0.3, 0.4) is 0 Å². The zero-order valence-electron chi connectivity index (χ0n) is 12.4. The molecule has 3 heteroatoms. The Hall–Kier alpha value is -0.570. The third-order valence-electron chi connectivity index (χ3n) is 4.12. The molecular formula is C15H29NO2. The van der Waals surface area contributed by atoms with Crippen LogP contribution in [0.2, 0.25) is 0 Å². The second kappa shape index (κ2) is 7.13. The Labute approximate surface area is 112 Å². The maximum atomic E-state index is 11.6. The molecule has 0 saturated heterocycles. The fourth-order valence-corrected chi connectivity index (χ4v) is 3.32. The van der Waals surface area contributed by atoms with Crippen molar-refractivity contribution in [3.63, 3.8) is 0 Å². The van der Waals surface area contributed by atoms with E-state index in [2.05, 4.69) is 19.2 Å². The summed E-state index contributed by atoms with van der Waals surface area (Å²) < 4.78 is 4.83. The highest BCUT2D eigenvalue weighted by Crippen LogP contribution is 2.42. The largest absolute Gasteiger partial charge is 0.468 e. The summed E-state index contributed by atoms with van der Waals surface area (Å²) in [6.45, 7) is 7.56. The topological polar surface area (TPSA) is 38.3 Å². The van der Waals surface area contributed by atoms with Gasteiger partial charge in [-0.05, 0) is 37.0 Å². The number of ether oxygens (including phenoxy) is 1. The van der Waals surface area contributed by atoms with Gasteiger partial charge in [-0.25, -0.2) is 0 Å². The molecule has 0 radical (unpaired) electrons. The molecule has 1 rings (SSSR count). The van der Waals surface area contributed by atoms with E-state index in [9.17, 15) is 4.79 Å². The van der Waals surface area contributed by atoms with E-state index in [1.54, 1.807) is 0 Å². The van der Waals surface area contributed by atoms with Gasteiger partial charge in [0.2, 0.25) is 0 Å². The normalized spacial score (nSPS) is 20.1. The van der Waals surface area contributed by atoms with Crippen molar-refractivity contribution in [3.8, 4) is 0 Å². The van der Waals surface area contributed by atoms with Crippen molar-refractivity contribution in [1.82, 2.24) is 5.32 Å². The van der Waals surface area contributed by atoms with Gasteiger partial charge in [0.05, 0.1) is 7.11 Å². The molecule has 1 saturated carbocycles. The average Bonchev–Trinajstić information content (AvgIpc) is 2.77. The van der Waals surface area contributed by atoms with Crippen LogP contribution in [0.5, 0.6) is 0 Å². The lowest BCUT2D eigenvalue weighted by molar-refractivity contribution is -0.143. The third-order valence-corrected chi connectivity index (χ3v) is 4.12. The molecule has 3 nitrogen and oxygen atoms in total. The minimum atomic E-state index is -0.139. The monoisotopic (exact) mass is 255 g/mol. The highest BCUT2D eigenvalue weighted by Gasteiger charge is 2.35. The molecule has 0 amide bonds. The Morgan fingerprint density at radius 3 is 2.39 bits per heavy atom. The first-order valence-electron chi connectivity index (χ1n) is 7.34. The Kier molecular flexibility index (Phi) is 6.13. The van der Waals surface area contributed by atoms with Gasteiger partial charge in [-0.1, -0.05) is 33.6 Å². The minimum absolute atomic E-state index is 0.129. The average molecular weight is 255 g/mol. The fourth-order valence-electron chi connectivity index (χ4n) is 3.32. The van der Waals surface area contributed by atoms with Gasteiger partial charge >= 0.3 is 5.97 Å². The SMILES string of the molecule is CCC(NCC1(CC(C)C)CCCC1)C(=O)OC. The van der Waals surface area contributed by atoms with E-state index in [-0.39, 0.29) is 12.0 Å². The number of carbonyl (C=O) groups excluding carboxylic acids is 1. The first-order valence-corrected chi connectivity index (χ1v) is 7.34. The summed E-state index contributed by atoms with van der Waals surface area (Å²) in [7, 11) is 1.46. The molecule has 0 bridgehead atoms. The van der Waals surface area contributed by atoms with Crippen LogP contribution in [-0.4, -0.2) is 25.7 Å². The summed E-state index contributed by atoms with van der Waals surface area (Å²) in [5, 5.41) is 3.43. The van der Waals surface area contributed by atoms with E-state index in [0.29, 0.717) is 5.41 Å². The Morgan fingerprint density at radius 2 is 1.94 bits per heavy atom. The molecule has 0 heterocycles. The van der Waals surface area contributed by atoms with Crippen molar-refractivity contribution in [2.45, 2.75) is 65.3 Å². The predicted octanol–water partition coefficient (Wildman–Crippen LogP) is 3.13. The van der Waals surface area contributed by atoms with Crippen molar-refractivity contribution < 1.29 is 9.53 Å². The van der Waals surface area contributed by atoms with E-state index in [1.165, 1.54) is 39.2 Å². The number of hydrogen-bond donors (Lipinski definition) is 1. The number of nitrogens with one attached hydrogen (secondary N) is 1. The fraction of sp³-hybridized carbons (Fsp3) is 0.933. The van der Waals surface area contributed by atoms with Gasteiger partial charge in [0.1, 0.15) is 6.04 Å². The van der Waals surface area contributed by atoms with E-state index >= 15 is 0 Å². The number of methoxy groups -OCH3 is 1. The van der Waals surface area contributed by atoms with Gasteiger partial charge in [0, 0.05) is 6.54 Å². The van der Waals surface area contributed by atoms with Crippen LogP contribution in [0.1, 0.15) is 59.3 Å². The number of rotatable bonds is 7. The van der Waals surface area contributed by atoms with Gasteiger partial charge in [0.15, 0.2) is 0 Å². The molecule has 18 heavy (non-hydrogen) atoms. The lowest BCUT2D eigenvalue weighted by Crippen LogP contribution is -2.43. The van der Waals surface area contributed by atoms with Gasteiger partial charge in [0.25, 0.3) is 0 Å². The smallest absolute Gasteiger partial charge is 0.322 e. The summed E-state index contributed by atoms with van der Waals surface area (Å²) in [5.74, 6) is 0.596. The van der Waals surface area contributed by atoms with Crippen molar-refractivity contribution in [1.29, 1.82) is 0 Å². The van der Waals surface area contributed by atoms with E-state index in [1.807, 2.05) is 6.92 Å². The zero-order valence-corrected chi connectivity index (χ0v) is 12.4. The molecule has 0 aromatic carbocycles. The van der Waals surface area contributed by atoms with Crippen LogP contribution in [-0.2, 0) is 9.53 Å². The lowest BCUT2D eigenvalue weighted by atomic mass is 9.78. The maximum absolute atomic E-state index is 11.6. The van der Waals surface area contributed by atoms with Gasteiger partial charge in [-0.3, -0.25) is 4.79 Å². The van der Waals surface area contributed by atoms with Crippen LogP contribution >= 0.6 is 0 Å². The Balaban J connectivity index is 2.53. The molecule has 106 valence electrons. The molecule has 0 aromatic rings. The molecule has 1 atom stereocenters. The summed E-state index contributed by atoms with van der Waals surface area (Å²) in [6.07, 6.45) is 7.33. The summed E-state index contributed by atoms with van der Waals surface area (Å²) in [6, 6.07) is -0.139. The molecular weight excluding hydrogens is 226 g/mol. The van der Waals surface area contributed by atoms with Crippen molar-refractivity contribution >= 4 is 5.97 Å². The molecule has 1 aliphatic rings. The Morgan fingerprint density at radius 1 is 1.33 bits per heavy atom. The van der Waals surface area contributed by atoms with Crippen molar-refractivity contribution in [2.75, 3.05) is 13.7 Å². The van der Waals surface area contributed by atoms with Crippen LogP contribution in [0.25, 0.3) is 0 Å². The number of carbonyl (C=O) groups is 1. The molecule has 1 unspecified atom stereocenters. The maximum Gasteiger partial charge on any atom is 0.322 e. The standard InChI is InChI=1S/C15H29NO2/c1-5-13(14(17)18-4)16-11-15(10-12(2)3)8-6-7-9-15/h12-13,16H,5-11H2,1-4H3. The lowest BCUT2D eigenvalue weighted by Gasteiger charge is -2.32. The van der Waals surface area contributed by atoms with Crippen LogP contribution < -0.4 is 5.32 Å². The second-order valence-electron chi connectivity index (χ2n) is 6.17. The van der Waals surface area contributed by atoms with Gasteiger partial charge in [-0.15, -0.1) is 0 Å². The van der Waals surface area contributed by atoms with E-state index in [0.717, 1.165) is 18.9 Å². The molecule has 1 fully saturated rings. The van der Waals surface area contributed by atoms with Gasteiger partial charge < -0.3 is 10.1 Å². The highest BCUT2D eigenvalue weighted by molar-refractivity contribution is 5.75. The van der Waals surface area contributed by atoms with Crippen molar-refractivity contribution in [2.24, 2.45) is 11.3 Å². The number of esters is 1. The minimum Gasteiger partial charge on any atom is -0.468 e. The first kappa shape index (κ1) is 15.5. The predicted molar refractivity (Wildman–Crippen MR) is 74.5 cm³/mol. The van der Waals surface area contributed by atoms with Crippen molar-refractivity contribution in [3.05, 3.63) is 0 Å². The summed E-state index contributed by atoms with van der Waals surface area (Å²) in [5.41, 5.74) is 0.412. The molecule has 0 spiro atoms. The van der Waals surface area contributed by atoms with Crippen LogP contribution in [0.4, 0.5) is 0 Å². The highest BCUT2D eigenvalue weighted by atomic mass is 16.5. The van der Waals surface area contributed by atoms with Gasteiger partial charge in [-0.2, -0.15) is 0 Å². The first-order chi connectivity index (χ1) is 8.53. The zero-order chi connectivity index (χ0) is 13.6. The summed E-state index contributed by atoms with van der Waals surface area (Å²) in [4.78, 5) is 11.6. The third kappa shape index (κ3) is 4.27. The van der Waals surface area contributed by atoms with E-state index in [4.69, 9.17) is 4.74 Å².